The summed E-state index contributed by atoms with van der Waals surface area (Å²) in [4.78, 5) is 8.44. The van der Waals surface area contributed by atoms with Crippen LogP contribution < -0.4 is 5.11 Å². The number of rotatable bonds is 16. The van der Waals surface area contributed by atoms with Gasteiger partial charge in [-0.05, 0) is 25.7 Å². The van der Waals surface area contributed by atoms with E-state index >= 15 is 0 Å². The molecular formula is C21H45NO3. The first-order valence-electron chi connectivity index (χ1n) is 10.6. The molecule has 4 nitrogen and oxygen atoms in total. The normalized spacial score (nSPS) is 11.0. The molecule has 0 fully saturated rings. The first-order chi connectivity index (χ1) is 11.9. The SMILES string of the molecule is CCCCCCCCCC[N+](C)(C)CCCCCCCC.O=C([O-])O. The Balaban J connectivity index is 0. The van der Waals surface area contributed by atoms with Gasteiger partial charge in [-0.1, -0.05) is 78.1 Å². The zero-order chi connectivity index (χ0) is 19.4. The highest BCUT2D eigenvalue weighted by molar-refractivity contribution is 5.50. The molecule has 0 aliphatic heterocycles. The lowest BCUT2D eigenvalue weighted by Crippen LogP contribution is -2.41. The molecule has 0 aliphatic carbocycles. The van der Waals surface area contributed by atoms with Crippen molar-refractivity contribution < 1.29 is 19.5 Å². The lowest BCUT2D eigenvalue weighted by molar-refractivity contribution is -0.890. The number of carbonyl (C=O) groups is 1. The molecule has 0 aromatic rings. The van der Waals surface area contributed by atoms with Gasteiger partial charge in [0, 0.05) is 0 Å². The van der Waals surface area contributed by atoms with E-state index in [0.717, 1.165) is 0 Å². The molecule has 0 atom stereocenters. The third-order valence-corrected chi connectivity index (χ3v) is 4.73. The number of quaternary nitrogens is 1. The van der Waals surface area contributed by atoms with E-state index in [1.807, 2.05) is 0 Å². The van der Waals surface area contributed by atoms with E-state index in [9.17, 15) is 0 Å². The largest absolute Gasteiger partial charge is 0.565 e. The van der Waals surface area contributed by atoms with Crippen LogP contribution in [0, 0.1) is 0 Å². The van der Waals surface area contributed by atoms with Crippen LogP contribution in [0.1, 0.15) is 104 Å². The van der Waals surface area contributed by atoms with Crippen LogP contribution in [0.3, 0.4) is 0 Å². The number of nitrogens with zero attached hydrogens (tertiary/aromatic N) is 1. The molecule has 0 rings (SSSR count). The van der Waals surface area contributed by atoms with E-state index in [-0.39, 0.29) is 0 Å². The van der Waals surface area contributed by atoms with Gasteiger partial charge < -0.3 is 19.5 Å². The fourth-order valence-corrected chi connectivity index (χ4v) is 3.11. The number of carboxylic acid groups (broad SMARTS) is 2. The summed E-state index contributed by atoms with van der Waals surface area (Å²) in [5.74, 6) is 0. The summed E-state index contributed by atoms with van der Waals surface area (Å²) >= 11 is 0. The lowest BCUT2D eigenvalue weighted by atomic mass is 10.1. The summed E-state index contributed by atoms with van der Waals surface area (Å²) < 4.78 is 1.24. The zero-order valence-corrected chi connectivity index (χ0v) is 17.5. The second-order valence-electron chi connectivity index (χ2n) is 7.89. The van der Waals surface area contributed by atoms with Gasteiger partial charge in [0.1, 0.15) is 0 Å². The van der Waals surface area contributed by atoms with Crippen molar-refractivity contribution in [3.63, 3.8) is 0 Å². The van der Waals surface area contributed by atoms with Crippen molar-refractivity contribution in [3.8, 4) is 0 Å². The monoisotopic (exact) mass is 359 g/mol. The standard InChI is InChI=1S/C20H44N.CH2O3/c1-5-7-9-11-13-14-16-18-20-21(3,4)19-17-15-12-10-8-6-2;2-1(3)4/h5-20H2,1-4H3;(H2,2,3,4)/q+1;/p-1. The predicted octanol–water partition coefficient (Wildman–Crippen LogP) is 5.45. The Morgan fingerprint density at radius 1 is 0.680 bits per heavy atom. The molecule has 0 unspecified atom stereocenters. The molecule has 0 radical (unpaired) electrons. The van der Waals surface area contributed by atoms with Crippen LogP contribution >= 0.6 is 0 Å². The molecule has 0 saturated carbocycles. The van der Waals surface area contributed by atoms with E-state index in [4.69, 9.17) is 15.0 Å². The van der Waals surface area contributed by atoms with Crippen molar-refractivity contribution in [2.24, 2.45) is 0 Å². The summed E-state index contributed by atoms with van der Waals surface area (Å²) in [6, 6.07) is 0. The summed E-state index contributed by atoms with van der Waals surface area (Å²) in [5.41, 5.74) is 0. The lowest BCUT2D eigenvalue weighted by Gasteiger charge is -2.30. The van der Waals surface area contributed by atoms with E-state index in [0.29, 0.717) is 0 Å². The molecule has 4 heteroatoms. The number of unbranched alkanes of at least 4 members (excludes halogenated alkanes) is 12. The molecule has 0 aromatic heterocycles. The first-order valence-corrected chi connectivity index (χ1v) is 10.6. The van der Waals surface area contributed by atoms with Crippen molar-refractivity contribution >= 4 is 6.16 Å². The molecule has 0 aliphatic rings. The Morgan fingerprint density at radius 2 is 0.920 bits per heavy atom. The van der Waals surface area contributed by atoms with Gasteiger partial charge in [0.05, 0.1) is 27.2 Å². The maximum Gasteiger partial charge on any atom is 0.249 e. The maximum absolute atomic E-state index is 8.44. The number of hydrogen-bond acceptors (Lipinski definition) is 2. The van der Waals surface area contributed by atoms with Crippen LogP contribution in [-0.4, -0.2) is 42.9 Å². The van der Waals surface area contributed by atoms with Crippen LogP contribution in [0.25, 0.3) is 0 Å². The Kier molecular flexibility index (Phi) is 20.7. The molecule has 0 spiro atoms. The molecule has 0 bridgehead atoms. The fraction of sp³-hybridized carbons (Fsp3) is 0.952. The second kappa shape index (κ2) is 19.6. The van der Waals surface area contributed by atoms with Crippen molar-refractivity contribution in [2.75, 3.05) is 27.2 Å². The van der Waals surface area contributed by atoms with E-state index < -0.39 is 6.16 Å². The van der Waals surface area contributed by atoms with Gasteiger partial charge in [-0.15, -0.1) is 0 Å². The van der Waals surface area contributed by atoms with Gasteiger partial charge >= 0.3 is 0 Å². The third kappa shape index (κ3) is 28.3. The van der Waals surface area contributed by atoms with Crippen LogP contribution in [0.5, 0.6) is 0 Å². The van der Waals surface area contributed by atoms with Crippen LogP contribution in [0.15, 0.2) is 0 Å². The van der Waals surface area contributed by atoms with Gasteiger partial charge in [-0.3, -0.25) is 0 Å². The highest BCUT2D eigenvalue weighted by atomic mass is 16.6. The van der Waals surface area contributed by atoms with Crippen molar-refractivity contribution in [2.45, 2.75) is 104 Å². The van der Waals surface area contributed by atoms with Crippen LogP contribution in [-0.2, 0) is 0 Å². The Bertz CT molecular complexity index is 276. The average molecular weight is 360 g/mol. The van der Waals surface area contributed by atoms with Gasteiger partial charge in [0.25, 0.3) is 0 Å². The van der Waals surface area contributed by atoms with Crippen molar-refractivity contribution in [1.29, 1.82) is 0 Å². The third-order valence-electron chi connectivity index (χ3n) is 4.73. The van der Waals surface area contributed by atoms with Gasteiger partial charge in [-0.25, -0.2) is 0 Å². The van der Waals surface area contributed by atoms with E-state index in [1.165, 1.54) is 107 Å². The minimum atomic E-state index is -2.08. The molecule has 0 aromatic carbocycles. The second-order valence-corrected chi connectivity index (χ2v) is 7.89. The van der Waals surface area contributed by atoms with Crippen LogP contribution in [0.4, 0.5) is 4.79 Å². The quantitative estimate of drug-likeness (QED) is 0.294. The predicted molar refractivity (Wildman–Crippen MR) is 106 cm³/mol. The molecule has 0 amide bonds. The Morgan fingerprint density at radius 3 is 1.20 bits per heavy atom. The molecule has 25 heavy (non-hydrogen) atoms. The molecule has 152 valence electrons. The zero-order valence-electron chi connectivity index (χ0n) is 17.5. The summed E-state index contributed by atoms with van der Waals surface area (Å²) in [7, 11) is 4.85. The average Bonchev–Trinajstić information content (AvgIpc) is 2.53. The minimum Gasteiger partial charge on any atom is -0.565 e. The topological polar surface area (TPSA) is 60.4 Å². The summed E-state index contributed by atoms with van der Waals surface area (Å²) in [5, 5.41) is 15.3. The highest BCUT2D eigenvalue weighted by Gasteiger charge is 2.13. The molecule has 0 saturated heterocycles. The summed E-state index contributed by atoms with van der Waals surface area (Å²) in [6.45, 7) is 7.35. The van der Waals surface area contributed by atoms with Crippen LogP contribution in [0.2, 0.25) is 0 Å². The molecular weight excluding hydrogens is 314 g/mol. The highest BCUT2D eigenvalue weighted by Crippen LogP contribution is 2.12. The number of hydrogen-bond donors (Lipinski definition) is 1. The maximum atomic E-state index is 8.44. The molecule has 0 heterocycles. The fourth-order valence-electron chi connectivity index (χ4n) is 3.11. The van der Waals surface area contributed by atoms with E-state index in [2.05, 4.69) is 27.9 Å². The molecule has 1 N–H and O–H groups in total. The smallest absolute Gasteiger partial charge is 0.249 e. The Labute approximate surface area is 157 Å². The summed E-state index contributed by atoms with van der Waals surface area (Å²) in [6.07, 6.45) is 18.0. The van der Waals surface area contributed by atoms with E-state index in [1.54, 1.807) is 0 Å². The van der Waals surface area contributed by atoms with Gasteiger partial charge in [0.15, 0.2) is 0 Å². The van der Waals surface area contributed by atoms with Crippen molar-refractivity contribution in [3.05, 3.63) is 0 Å². The minimum absolute atomic E-state index is 1.24. The first kappa shape index (κ1) is 26.5. The van der Waals surface area contributed by atoms with Gasteiger partial charge in [0.2, 0.25) is 6.16 Å². The van der Waals surface area contributed by atoms with Gasteiger partial charge in [-0.2, -0.15) is 0 Å². The van der Waals surface area contributed by atoms with Crippen molar-refractivity contribution in [1.82, 2.24) is 0 Å². The Hall–Kier alpha value is -0.770.